The number of thiazole rings is 1. The molecule has 2 aliphatic rings. The van der Waals surface area contributed by atoms with Gasteiger partial charge in [-0.1, -0.05) is 6.07 Å². The van der Waals surface area contributed by atoms with Crippen molar-refractivity contribution in [3.63, 3.8) is 0 Å². The number of hydrogen-bond acceptors (Lipinski definition) is 6. The minimum Gasteiger partial charge on any atom is -0.343 e. The highest BCUT2D eigenvalue weighted by Crippen LogP contribution is 2.34. The van der Waals surface area contributed by atoms with E-state index in [0.717, 1.165) is 40.2 Å². The smallest absolute Gasteiger partial charge is 0.251 e. The Morgan fingerprint density at radius 1 is 1.11 bits per heavy atom. The zero-order chi connectivity index (χ0) is 25.4. The topological polar surface area (TPSA) is 73.8 Å². The molecule has 3 amide bonds. The molecule has 2 aliphatic heterocycles. The van der Waals surface area contributed by atoms with E-state index in [1.165, 1.54) is 10.5 Å². The van der Waals surface area contributed by atoms with Crippen molar-refractivity contribution in [1.82, 2.24) is 14.8 Å². The van der Waals surface area contributed by atoms with E-state index in [4.69, 9.17) is 4.98 Å². The normalized spacial score (nSPS) is 20.9. The molecule has 0 aliphatic carbocycles. The van der Waals surface area contributed by atoms with Gasteiger partial charge < -0.3 is 4.90 Å². The van der Waals surface area contributed by atoms with Crippen molar-refractivity contribution in [2.45, 2.75) is 46.1 Å². The molecule has 0 unspecified atom stereocenters. The molecular formula is C28H32N4O3S. The van der Waals surface area contributed by atoms with Crippen LogP contribution in [0.4, 0.5) is 5.69 Å². The van der Waals surface area contributed by atoms with Gasteiger partial charge in [-0.3, -0.25) is 19.3 Å². The molecule has 188 valence electrons. The van der Waals surface area contributed by atoms with E-state index in [9.17, 15) is 14.4 Å². The van der Waals surface area contributed by atoms with Gasteiger partial charge in [-0.05, 0) is 82.1 Å². The van der Waals surface area contributed by atoms with Crippen LogP contribution in [0.2, 0.25) is 0 Å². The van der Waals surface area contributed by atoms with Crippen LogP contribution in [0.15, 0.2) is 42.5 Å². The molecule has 5 rings (SSSR count). The van der Waals surface area contributed by atoms with E-state index < -0.39 is 6.04 Å². The average Bonchev–Trinajstić information content (AvgIpc) is 3.44. The molecule has 0 N–H and O–H groups in total. The molecule has 2 atom stereocenters. The van der Waals surface area contributed by atoms with Crippen LogP contribution in [0.1, 0.15) is 38.7 Å². The first-order valence-corrected chi connectivity index (χ1v) is 13.6. The van der Waals surface area contributed by atoms with Crippen molar-refractivity contribution in [1.29, 1.82) is 0 Å². The highest BCUT2D eigenvalue weighted by molar-refractivity contribution is 7.21. The number of benzene rings is 2. The third-order valence-electron chi connectivity index (χ3n) is 7.36. The number of amides is 3. The fraction of sp³-hybridized carbons (Fsp3) is 0.429. The van der Waals surface area contributed by atoms with E-state index in [0.29, 0.717) is 25.3 Å². The van der Waals surface area contributed by atoms with Crippen LogP contribution in [-0.2, 0) is 14.4 Å². The fourth-order valence-corrected chi connectivity index (χ4v) is 6.43. The Bertz CT molecular complexity index is 1300. The largest absolute Gasteiger partial charge is 0.343 e. The van der Waals surface area contributed by atoms with Crippen LogP contribution in [0.3, 0.4) is 0 Å². The number of anilines is 1. The fourth-order valence-electron chi connectivity index (χ4n) is 5.37. The van der Waals surface area contributed by atoms with Crippen molar-refractivity contribution in [3.8, 4) is 10.6 Å². The number of piperidine rings is 1. The van der Waals surface area contributed by atoms with Gasteiger partial charge in [0, 0.05) is 25.2 Å². The summed E-state index contributed by atoms with van der Waals surface area (Å²) in [5, 5.41) is 0.913. The second kappa shape index (κ2) is 10.1. The second-order valence-corrected chi connectivity index (χ2v) is 10.7. The van der Waals surface area contributed by atoms with Gasteiger partial charge in [0.05, 0.1) is 34.3 Å². The maximum Gasteiger partial charge on any atom is 0.251 e. The molecule has 36 heavy (non-hydrogen) atoms. The molecule has 3 heterocycles. The van der Waals surface area contributed by atoms with E-state index in [1.807, 2.05) is 54.0 Å². The number of hydrogen-bond donors (Lipinski definition) is 0. The number of carbonyl (C=O) groups excluding carboxylic acids is 3. The molecule has 2 saturated heterocycles. The third-order valence-corrected chi connectivity index (χ3v) is 8.42. The minimum absolute atomic E-state index is 0.118. The Kier molecular flexibility index (Phi) is 6.90. The number of nitrogens with zero attached hydrogens (tertiary/aromatic N) is 4. The van der Waals surface area contributed by atoms with Gasteiger partial charge in [-0.2, -0.15) is 0 Å². The Morgan fingerprint density at radius 3 is 2.58 bits per heavy atom. The lowest BCUT2D eigenvalue weighted by Crippen LogP contribution is -2.50. The summed E-state index contributed by atoms with van der Waals surface area (Å²) in [4.78, 5) is 49.2. The summed E-state index contributed by atoms with van der Waals surface area (Å²) < 4.78 is 1.14. The van der Waals surface area contributed by atoms with E-state index in [2.05, 4.69) is 19.1 Å². The van der Waals surface area contributed by atoms with Gasteiger partial charge in [-0.25, -0.2) is 9.88 Å². The quantitative estimate of drug-likeness (QED) is 0.463. The maximum absolute atomic E-state index is 13.4. The SMILES string of the molecule is CCN(CC)C(=O)[C@@H]1CCCN([C@H]2CC(=O)N(c3ccc(-c4nc5ccc(C)cc5s4)cc3)C2=O)C1. The lowest BCUT2D eigenvalue weighted by atomic mass is 9.95. The summed E-state index contributed by atoms with van der Waals surface area (Å²) in [7, 11) is 0. The second-order valence-electron chi connectivity index (χ2n) is 9.67. The number of carbonyl (C=O) groups is 3. The summed E-state index contributed by atoms with van der Waals surface area (Å²) in [6, 6.07) is 13.2. The molecule has 0 spiro atoms. The molecular weight excluding hydrogens is 472 g/mol. The van der Waals surface area contributed by atoms with E-state index in [1.54, 1.807) is 11.3 Å². The van der Waals surface area contributed by atoms with Gasteiger partial charge in [-0.15, -0.1) is 11.3 Å². The van der Waals surface area contributed by atoms with Crippen molar-refractivity contribution in [3.05, 3.63) is 48.0 Å². The number of fused-ring (bicyclic) bond motifs is 1. The van der Waals surface area contributed by atoms with Crippen LogP contribution >= 0.6 is 11.3 Å². The van der Waals surface area contributed by atoms with Crippen molar-refractivity contribution < 1.29 is 14.4 Å². The van der Waals surface area contributed by atoms with Crippen molar-refractivity contribution >= 4 is 45.0 Å². The molecule has 2 aromatic carbocycles. The Hall–Kier alpha value is -3.10. The standard InChI is InChI=1S/C28H32N4O3S/c1-4-30(5-2)27(34)20-7-6-14-31(17-20)23-16-25(33)32(28(23)35)21-11-9-19(10-12-21)26-29-22-13-8-18(3)15-24(22)36-26/h8-13,15,20,23H,4-7,14,16-17H2,1-3H3/t20-,23+/m1/s1. The number of rotatable bonds is 6. The van der Waals surface area contributed by atoms with Gasteiger partial charge in [0.1, 0.15) is 5.01 Å². The number of aryl methyl sites for hydroxylation is 1. The third kappa shape index (κ3) is 4.55. The van der Waals surface area contributed by atoms with Crippen LogP contribution in [0.25, 0.3) is 20.8 Å². The molecule has 0 radical (unpaired) electrons. The number of likely N-dealkylation sites (tertiary alicyclic amines) is 1. The lowest BCUT2D eigenvalue weighted by Gasteiger charge is -2.36. The monoisotopic (exact) mass is 504 g/mol. The summed E-state index contributed by atoms with van der Waals surface area (Å²) in [6.45, 7) is 8.68. The number of imide groups is 1. The van der Waals surface area contributed by atoms with Crippen LogP contribution in [0.5, 0.6) is 0 Å². The van der Waals surface area contributed by atoms with E-state index >= 15 is 0 Å². The molecule has 1 aromatic heterocycles. The first kappa shape index (κ1) is 24.6. The maximum atomic E-state index is 13.4. The van der Waals surface area contributed by atoms with Gasteiger partial charge in [0.2, 0.25) is 11.8 Å². The van der Waals surface area contributed by atoms with Gasteiger partial charge in [0.15, 0.2) is 0 Å². The highest BCUT2D eigenvalue weighted by Gasteiger charge is 2.44. The summed E-state index contributed by atoms with van der Waals surface area (Å²) in [5.41, 5.74) is 3.71. The van der Waals surface area contributed by atoms with Crippen LogP contribution in [0, 0.1) is 12.8 Å². The van der Waals surface area contributed by atoms with Crippen molar-refractivity contribution in [2.75, 3.05) is 31.1 Å². The predicted molar refractivity (Wildman–Crippen MR) is 143 cm³/mol. The Morgan fingerprint density at radius 2 is 1.86 bits per heavy atom. The van der Waals surface area contributed by atoms with E-state index in [-0.39, 0.29) is 30.1 Å². The predicted octanol–water partition coefficient (Wildman–Crippen LogP) is 4.48. The zero-order valence-electron chi connectivity index (χ0n) is 21.1. The highest BCUT2D eigenvalue weighted by atomic mass is 32.1. The van der Waals surface area contributed by atoms with Crippen molar-refractivity contribution in [2.24, 2.45) is 5.92 Å². The summed E-state index contributed by atoms with van der Waals surface area (Å²) >= 11 is 1.63. The molecule has 7 nitrogen and oxygen atoms in total. The lowest BCUT2D eigenvalue weighted by molar-refractivity contribution is -0.138. The first-order chi connectivity index (χ1) is 17.4. The summed E-state index contributed by atoms with van der Waals surface area (Å²) in [5.74, 6) is -0.351. The molecule has 0 bridgehead atoms. The summed E-state index contributed by atoms with van der Waals surface area (Å²) in [6.07, 6.45) is 1.84. The Labute approximate surface area is 215 Å². The van der Waals surface area contributed by atoms with Crippen LogP contribution in [-0.4, -0.2) is 64.7 Å². The zero-order valence-corrected chi connectivity index (χ0v) is 21.9. The van der Waals surface area contributed by atoms with Gasteiger partial charge in [0.25, 0.3) is 5.91 Å². The van der Waals surface area contributed by atoms with Crippen LogP contribution < -0.4 is 4.90 Å². The molecule has 8 heteroatoms. The molecule has 2 fully saturated rings. The number of aromatic nitrogens is 1. The minimum atomic E-state index is -0.503. The first-order valence-electron chi connectivity index (χ1n) is 12.8. The van der Waals surface area contributed by atoms with Gasteiger partial charge >= 0.3 is 0 Å². The molecule has 3 aromatic rings. The average molecular weight is 505 g/mol. The Balaban J connectivity index is 1.31. The molecule has 0 saturated carbocycles.